The zero-order chi connectivity index (χ0) is 15.9. The van der Waals surface area contributed by atoms with Crippen LogP contribution in [0.1, 0.15) is 26.7 Å². The minimum Gasteiger partial charge on any atom is -0.493 e. The Morgan fingerprint density at radius 1 is 1.52 bits per heavy atom. The molecule has 0 saturated carbocycles. The molecule has 0 amide bonds. The molecule has 0 aliphatic rings. The van der Waals surface area contributed by atoms with Crippen molar-refractivity contribution in [1.82, 2.24) is 5.32 Å². The molecule has 1 aromatic rings. The minimum absolute atomic E-state index is 0.0356. The molecule has 0 radical (unpaired) electrons. The van der Waals surface area contributed by atoms with Crippen LogP contribution in [-0.4, -0.2) is 23.6 Å². The van der Waals surface area contributed by atoms with Gasteiger partial charge in [-0.15, -0.1) is 0 Å². The number of halogens is 1. The first kappa shape index (κ1) is 17.4. The molecule has 21 heavy (non-hydrogen) atoms. The smallest absolute Gasteiger partial charge is 0.274 e. The van der Waals surface area contributed by atoms with E-state index in [0.717, 1.165) is 13.0 Å². The molecule has 0 aliphatic heterocycles. The lowest BCUT2D eigenvalue weighted by Crippen LogP contribution is -2.42. The Kier molecular flexibility index (Phi) is 6.59. The van der Waals surface area contributed by atoms with Gasteiger partial charge in [-0.1, -0.05) is 22.9 Å². The van der Waals surface area contributed by atoms with Crippen LogP contribution >= 0.6 is 15.9 Å². The monoisotopic (exact) mass is 355 g/mol. The van der Waals surface area contributed by atoms with Gasteiger partial charge >= 0.3 is 0 Å². The van der Waals surface area contributed by atoms with Crippen LogP contribution in [-0.2, 0) is 0 Å². The summed E-state index contributed by atoms with van der Waals surface area (Å²) in [6.07, 6.45) is 1.43. The molecular formula is C14H18BrN3O3. The second-order valence-corrected chi connectivity index (χ2v) is 5.79. The summed E-state index contributed by atoms with van der Waals surface area (Å²) < 4.78 is 6.11. The molecule has 0 saturated heterocycles. The first-order valence-corrected chi connectivity index (χ1v) is 7.43. The molecule has 6 nitrogen and oxygen atoms in total. The maximum absolute atomic E-state index is 10.8. The Bertz CT molecular complexity index is 545. The Morgan fingerprint density at radius 2 is 2.24 bits per heavy atom. The molecule has 1 rings (SSSR count). The third kappa shape index (κ3) is 5.69. The fourth-order valence-electron chi connectivity index (χ4n) is 1.69. The molecule has 0 fully saturated rings. The summed E-state index contributed by atoms with van der Waals surface area (Å²) in [5.74, 6) is 0.409. The highest BCUT2D eigenvalue weighted by Gasteiger charge is 2.22. The zero-order valence-electron chi connectivity index (χ0n) is 12.1. The molecular weight excluding hydrogens is 338 g/mol. The first-order valence-electron chi connectivity index (χ1n) is 6.64. The van der Waals surface area contributed by atoms with Gasteiger partial charge in [-0.2, -0.15) is 5.26 Å². The fraction of sp³-hybridized carbons (Fsp3) is 0.500. The lowest BCUT2D eigenvalue weighted by atomic mass is 10.0. The van der Waals surface area contributed by atoms with Crippen molar-refractivity contribution in [2.45, 2.75) is 32.2 Å². The summed E-state index contributed by atoms with van der Waals surface area (Å²) in [5.41, 5.74) is -0.694. The van der Waals surface area contributed by atoms with Gasteiger partial charge in [0, 0.05) is 17.0 Å². The van der Waals surface area contributed by atoms with Gasteiger partial charge in [0.25, 0.3) is 5.69 Å². The van der Waals surface area contributed by atoms with Gasteiger partial charge in [0.05, 0.1) is 23.7 Å². The van der Waals surface area contributed by atoms with Crippen LogP contribution in [0.4, 0.5) is 5.69 Å². The van der Waals surface area contributed by atoms with E-state index in [1.807, 2.05) is 13.8 Å². The Hall–Kier alpha value is -1.65. The molecule has 1 atom stereocenters. The van der Waals surface area contributed by atoms with Crippen LogP contribution in [0.3, 0.4) is 0 Å². The van der Waals surface area contributed by atoms with Gasteiger partial charge in [-0.25, -0.2) is 0 Å². The molecule has 0 aliphatic carbocycles. The fourth-order valence-corrected chi connectivity index (χ4v) is 2.15. The predicted octanol–water partition coefficient (Wildman–Crippen LogP) is 3.41. The van der Waals surface area contributed by atoms with Crippen LogP contribution in [0.2, 0.25) is 0 Å². The number of nitro groups is 1. The SMILES string of the molecule is CCCNC(C)(C#N)CCOc1cc(Br)cc([N+](=O)[O-])c1. The van der Waals surface area contributed by atoms with E-state index in [1.54, 1.807) is 6.07 Å². The number of hydrogen-bond donors (Lipinski definition) is 1. The topological polar surface area (TPSA) is 88.2 Å². The summed E-state index contributed by atoms with van der Waals surface area (Å²) in [6.45, 7) is 4.90. The van der Waals surface area contributed by atoms with E-state index >= 15 is 0 Å². The van der Waals surface area contributed by atoms with Crippen molar-refractivity contribution in [3.05, 3.63) is 32.8 Å². The summed E-state index contributed by atoms with van der Waals surface area (Å²) >= 11 is 3.21. The van der Waals surface area contributed by atoms with Crippen LogP contribution in [0.25, 0.3) is 0 Å². The lowest BCUT2D eigenvalue weighted by Gasteiger charge is -2.23. The van der Waals surface area contributed by atoms with E-state index in [1.165, 1.54) is 12.1 Å². The number of non-ortho nitro benzene ring substituents is 1. The average molecular weight is 356 g/mol. The van der Waals surface area contributed by atoms with Crippen molar-refractivity contribution in [2.75, 3.05) is 13.2 Å². The van der Waals surface area contributed by atoms with Gasteiger partial charge in [-0.3, -0.25) is 15.4 Å². The third-order valence-corrected chi connectivity index (χ3v) is 3.41. The van der Waals surface area contributed by atoms with Gasteiger partial charge in [0.1, 0.15) is 11.3 Å². The molecule has 0 spiro atoms. The molecule has 1 aromatic carbocycles. The number of ether oxygens (including phenoxy) is 1. The normalized spacial score (nSPS) is 13.2. The number of nitrogens with one attached hydrogen (secondary N) is 1. The molecule has 1 unspecified atom stereocenters. The number of benzene rings is 1. The van der Waals surface area contributed by atoms with Crippen molar-refractivity contribution in [3.63, 3.8) is 0 Å². The van der Waals surface area contributed by atoms with Crippen molar-refractivity contribution in [1.29, 1.82) is 5.26 Å². The summed E-state index contributed by atoms with van der Waals surface area (Å²) in [5, 5.41) is 23.1. The maximum Gasteiger partial charge on any atom is 0.274 e. The molecule has 0 bridgehead atoms. The van der Waals surface area contributed by atoms with Crippen molar-refractivity contribution in [3.8, 4) is 11.8 Å². The molecule has 1 N–H and O–H groups in total. The Morgan fingerprint density at radius 3 is 2.81 bits per heavy atom. The number of rotatable bonds is 8. The molecule has 0 aromatic heterocycles. The third-order valence-electron chi connectivity index (χ3n) is 2.95. The standard InChI is InChI=1S/C14H18BrN3O3/c1-3-5-17-14(2,10-16)4-6-21-13-8-11(15)7-12(9-13)18(19)20/h7-9,17H,3-6H2,1-2H3. The highest BCUT2D eigenvalue weighted by molar-refractivity contribution is 9.10. The van der Waals surface area contributed by atoms with Gasteiger partial charge in [0.15, 0.2) is 0 Å². The largest absolute Gasteiger partial charge is 0.493 e. The average Bonchev–Trinajstić information content (AvgIpc) is 2.44. The van der Waals surface area contributed by atoms with Crippen LogP contribution in [0.15, 0.2) is 22.7 Å². The quantitative estimate of drug-likeness (QED) is 0.570. The van der Waals surface area contributed by atoms with Crippen LogP contribution < -0.4 is 10.1 Å². The van der Waals surface area contributed by atoms with Gasteiger partial charge in [0.2, 0.25) is 0 Å². The number of nitro benzene ring substituents is 1. The van der Waals surface area contributed by atoms with E-state index in [2.05, 4.69) is 27.3 Å². The summed E-state index contributed by atoms with van der Waals surface area (Å²) in [4.78, 5) is 10.3. The van der Waals surface area contributed by atoms with Crippen molar-refractivity contribution in [2.24, 2.45) is 0 Å². The summed E-state index contributed by atoms with van der Waals surface area (Å²) in [6, 6.07) is 6.68. The maximum atomic E-state index is 10.8. The lowest BCUT2D eigenvalue weighted by molar-refractivity contribution is -0.385. The number of hydrogen-bond acceptors (Lipinski definition) is 5. The molecule has 0 heterocycles. The van der Waals surface area contributed by atoms with Crippen molar-refractivity contribution >= 4 is 21.6 Å². The van der Waals surface area contributed by atoms with E-state index in [9.17, 15) is 15.4 Å². The van der Waals surface area contributed by atoms with Gasteiger partial charge < -0.3 is 4.74 Å². The second kappa shape index (κ2) is 7.96. The highest BCUT2D eigenvalue weighted by atomic mass is 79.9. The Balaban J connectivity index is 2.63. The van der Waals surface area contributed by atoms with E-state index in [4.69, 9.17) is 4.74 Å². The van der Waals surface area contributed by atoms with Gasteiger partial charge in [-0.05, 0) is 26.0 Å². The highest BCUT2D eigenvalue weighted by Crippen LogP contribution is 2.26. The number of nitriles is 1. The van der Waals surface area contributed by atoms with E-state index in [0.29, 0.717) is 23.2 Å². The summed E-state index contributed by atoms with van der Waals surface area (Å²) in [7, 11) is 0. The van der Waals surface area contributed by atoms with E-state index < -0.39 is 10.5 Å². The Labute approximate surface area is 132 Å². The van der Waals surface area contributed by atoms with E-state index in [-0.39, 0.29) is 5.69 Å². The first-order chi connectivity index (χ1) is 9.90. The molecule has 7 heteroatoms. The van der Waals surface area contributed by atoms with Crippen LogP contribution in [0, 0.1) is 21.4 Å². The minimum atomic E-state index is -0.659. The number of nitrogens with zero attached hydrogens (tertiary/aromatic N) is 2. The zero-order valence-corrected chi connectivity index (χ0v) is 13.6. The molecule has 114 valence electrons. The predicted molar refractivity (Wildman–Crippen MR) is 83.2 cm³/mol. The van der Waals surface area contributed by atoms with Crippen LogP contribution in [0.5, 0.6) is 5.75 Å². The van der Waals surface area contributed by atoms with Crippen molar-refractivity contribution < 1.29 is 9.66 Å². The second-order valence-electron chi connectivity index (χ2n) is 4.87.